The van der Waals surface area contributed by atoms with Crippen LogP contribution >= 0.6 is 11.8 Å². The van der Waals surface area contributed by atoms with Crippen LogP contribution in [-0.2, 0) is 11.3 Å². The van der Waals surface area contributed by atoms with Gasteiger partial charge in [0.05, 0.1) is 19.3 Å². The van der Waals surface area contributed by atoms with Gasteiger partial charge >= 0.3 is 0 Å². The number of thioether (sulfide) groups is 1. The lowest BCUT2D eigenvalue weighted by Gasteiger charge is -2.17. The highest BCUT2D eigenvalue weighted by atomic mass is 32.2. The van der Waals surface area contributed by atoms with Crippen LogP contribution < -0.4 is 0 Å². The highest BCUT2D eigenvalue weighted by Gasteiger charge is 2.16. The van der Waals surface area contributed by atoms with Crippen LogP contribution in [0, 0.1) is 0 Å². The van der Waals surface area contributed by atoms with Crippen molar-refractivity contribution >= 4 is 11.8 Å². The first-order chi connectivity index (χ1) is 10.3. The summed E-state index contributed by atoms with van der Waals surface area (Å²) in [5, 5.41) is 19.8. The van der Waals surface area contributed by atoms with E-state index in [1.165, 1.54) is 11.8 Å². The van der Waals surface area contributed by atoms with Crippen LogP contribution in [0.4, 0.5) is 0 Å². The zero-order chi connectivity index (χ0) is 14.9. The van der Waals surface area contributed by atoms with Crippen LogP contribution in [0.2, 0.25) is 0 Å². The van der Waals surface area contributed by atoms with Crippen LogP contribution in [0.3, 0.4) is 0 Å². The Labute approximate surface area is 129 Å². The van der Waals surface area contributed by atoms with E-state index < -0.39 is 12.2 Å². The van der Waals surface area contributed by atoms with Gasteiger partial charge in [-0.05, 0) is 17.7 Å². The molecule has 0 aliphatic carbocycles. The van der Waals surface area contributed by atoms with Gasteiger partial charge in [0.25, 0.3) is 0 Å². The van der Waals surface area contributed by atoms with Gasteiger partial charge in [-0.25, -0.2) is 0 Å². The lowest BCUT2D eigenvalue weighted by atomic mass is 10.2. The van der Waals surface area contributed by atoms with E-state index in [4.69, 9.17) is 4.74 Å². The molecule has 2 aromatic carbocycles. The Morgan fingerprint density at radius 1 is 0.857 bits per heavy atom. The quantitative estimate of drug-likeness (QED) is 0.736. The molecule has 2 atom stereocenters. The molecule has 0 saturated carbocycles. The van der Waals surface area contributed by atoms with E-state index in [9.17, 15) is 10.2 Å². The van der Waals surface area contributed by atoms with E-state index in [1.807, 2.05) is 60.7 Å². The average molecular weight is 304 g/mol. The lowest BCUT2D eigenvalue weighted by molar-refractivity contribution is -0.0331. The molecule has 0 bridgehead atoms. The first kappa shape index (κ1) is 16.0. The van der Waals surface area contributed by atoms with Crippen LogP contribution in [-0.4, -0.2) is 34.8 Å². The molecular formula is C17H20O3S. The van der Waals surface area contributed by atoms with Crippen molar-refractivity contribution in [3.8, 4) is 0 Å². The molecular weight excluding hydrogens is 284 g/mol. The molecule has 0 heterocycles. The smallest absolute Gasteiger partial charge is 0.104 e. The van der Waals surface area contributed by atoms with Crippen molar-refractivity contribution < 1.29 is 14.9 Å². The maximum atomic E-state index is 9.93. The number of hydrogen-bond acceptors (Lipinski definition) is 4. The van der Waals surface area contributed by atoms with Gasteiger partial charge in [-0.2, -0.15) is 0 Å². The standard InChI is InChI=1S/C17H20O3S/c18-16(12-20-11-14-7-3-1-4-8-14)17(19)13-21-15-9-5-2-6-10-15/h1-10,16-19H,11-13H2/t16-,17+/m1/s1. The third-order valence-electron chi connectivity index (χ3n) is 3.01. The highest BCUT2D eigenvalue weighted by molar-refractivity contribution is 7.99. The molecule has 112 valence electrons. The zero-order valence-corrected chi connectivity index (χ0v) is 12.6. The molecule has 0 spiro atoms. The second-order valence-electron chi connectivity index (χ2n) is 4.76. The van der Waals surface area contributed by atoms with Gasteiger partial charge in [0.2, 0.25) is 0 Å². The molecule has 0 aliphatic rings. The van der Waals surface area contributed by atoms with E-state index in [-0.39, 0.29) is 6.61 Å². The maximum absolute atomic E-state index is 9.93. The van der Waals surface area contributed by atoms with Crippen LogP contribution in [0.15, 0.2) is 65.6 Å². The van der Waals surface area contributed by atoms with Gasteiger partial charge in [-0.1, -0.05) is 48.5 Å². The minimum Gasteiger partial charge on any atom is -0.389 e. The van der Waals surface area contributed by atoms with Gasteiger partial charge < -0.3 is 14.9 Å². The first-order valence-electron chi connectivity index (χ1n) is 6.91. The Bertz CT molecular complexity index is 504. The second-order valence-corrected chi connectivity index (χ2v) is 5.85. The fourth-order valence-corrected chi connectivity index (χ4v) is 2.73. The van der Waals surface area contributed by atoms with E-state index in [1.54, 1.807) is 0 Å². The molecule has 21 heavy (non-hydrogen) atoms. The van der Waals surface area contributed by atoms with E-state index in [0.29, 0.717) is 12.4 Å². The monoisotopic (exact) mass is 304 g/mol. The minimum atomic E-state index is -0.870. The fraction of sp³-hybridized carbons (Fsp3) is 0.294. The Balaban J connectivity index is 1.66. The van der Waals surface area contributed by atoms with Crippen molar-refractivity contribution in [1.82, 2.24) is 0 Å². The Kier molecular flexibility index (Phi) is 6.76. The van der Waals surface area contributed by atoms with Crippen LogP contribution in [0.5, 0.6) is 0 Å². The molecule has 0 aromatic heterocycles. The normalized spacial score (nSPS) is 13.8. The van der Waals surface area contributed by atoms with E-state index in [2.05, 4.69) is 0 Å². The van der Waals surface area contributed by atoms with Crippen molar-refractivity contribution in [1.29, 1.82) is 0 Å². The third kappa shape index (κ3) is 5.89. The van der Waals surface area contributed by atoms with Gasteiger partial charge in [-0.15, -0.1) is 11.8 Å². The molecule has 4 heteroatoms. The molecule has 0 unspecified atom stereocenters. The van der Waals surface area contributed by atoms with Crippen LogP contribution in [0.1, 0.15) is 5.56 Å². The number of aliphatic hydroxyl groups excluding tert-OH is 2. The van der Waals surface area contributed by atoms with Crippen molar-refractivity contribution in [2.75, 3.05) is 12.4 Å². The first-order valence-corrected chi connectivity index (χ1v) is 7.90. The molecule has 2 rings (SSSR count). The van der Waals surface area contributed by atoms with E-state index in [0.717, 1.165) is 10.5 Å². The van der Waals surface area contributed by atoms with Gasteiger partial charge in [0, 0.05) is 10.6 Å². The third-order valence-corrected chi connectivity index (χ3v) is 4.12. The summed E-state index contributed by atoms with van der Waals surface area (Å²) in [4.78, 5) is 1.08. The summed E-state index contributed by atoms with van der Waals surface area (Å²) in [5.41, 5.74) is 1.05. The van der Waals surface area contributed by atoms with E-state index >= 15 is 0 Å². The zero-order valence-electron chi connectivity index (χ0n) is 11.8. The Hall–Kier alpha value is -1.33. The second kappa shape index (κ2) is 8.85. The summed E-state index contributed by atoms with van der Waals surface area (Å²) in [5.74, 6) is 0.444. The van der Waals surface area contributed by atoms with Gasteiger partial charge in [0.1, 0.15) is 6.10 Å². The highest BCUT2D eigenvalue weighted by Crippen LogP contribution is 2.19. The van der Waals surface area contributed by atoms with Crippen molar-refractivity contribution in [3.63, 3.8) is 0 Å². The molecule has 0 fully saturated rings. The molecule has 0 radical (unpaired) electrons. The molecule has 3 nitrogen and oxygen atoms in total. The van der Waals surface area contributed by atoms with Gasteiger partial charge in [0.15, 0.2) is 0 Å². The average Bonchev–Trinajstić information content (AvgIpc) is 2.54. The molecule has 2 aromatic rings. The number of ether oxygens (including phenoxy) is 1. The van der Waals surface area contributed by atoms with Crippen LogP contribution in [0.25, 0.3) is 0 Å². The minimum absolute atomic E-state index is 0.130. The molecule has 2 N–H and O–H groups in total. The predicted octanol–water partition coefficient (Wildman–Crippen LogP) is 2.72. The summed E-state index contributed by atoms with van der Waals surface area (Å²) in [6.07, 6.45) is -1.67. The summed E-state index contributed by atoms with van der Waals surface area (Å²) < 4.78 is 5.44. The van der Waals surface area contributed by atoms with Crippen molar-refractivity contribution in [2.24, 2.45) is 0 Å². The number of hydrogen-bond donors (Lipinski definition) is 2. The number of rotatable bonds is 8. The summed E-state index contributed by atoms with van der Waals surface area (Å²) in [7, 11) is 0. The number of aliphatic hydroxyl groups is 2. The Morgan fingerprint density at radius 3 is 2.14 bits per heavy atom. The molecule has 0 saturated heterocycles. The molecule has 0 amide bonds. The van der Waals surface area contributed by atoms with Crippen molar-refractivity contribution in [3.05, 3.63) is 66.2 Å². The SMILES string of the molecule is O[C@H](COCc1ccccc1)[C@@H](O)CSc1ccccc1. The summed E-state index contributed by atoms with van der Waals surface area (Å²) >= 11 is 1.52. The van der Waals surface area contributed by atoms with Gasteiger partial charge in [-0.3, -0.25) is 0 Å². The number of benzene rings is 2. The summed E-state index contributed by atoms with van der Waals surface area (Å²) in [6, 6.07) is 19.6. The lowest BCUT2D eigenvalue weighted by Crippen LogP contribution is -2.32. The predicted molar refractivity (Wildman–Crippen MR) is 85.3 cm³/mol. The Morgan fingerprint density at radius 2 is 1.48 bits per heavy atom. The van der Waals surface area contributed by atoms with Crippen molar-refractivity contribution in [2.45, 2.75) is 23.7 Å². The molecule has 0 aliphatic heterocycles. The fourth-order valence-electron chi connectivity index (χ4n) is 1.79. The topological polar surface area (TPSA) is 49.7 Å². The largest absolute Gasteiger partial charge is 0.389 e. The summed E-state index contributed by atoms with van der Waals surface area (Å²) in [6.45, 7) is 0.571. The maximum Gasteiger partial charge on any atom is 0.104 e.